The molecule has 3 atom stereocenters. The standard InChI is InChI=1S/C14H23FN2/c1-5-10(2)17(4)14(11(3)16)12-6-8-13(15)9-7-12/h6-11,14H,5,16H2,1-4H3. The van der Waals surface area contributed by atoms with Crippen molar-refractivity contribution >= 4 is 0 Å². The van der Waals surface area contributed by atoms with Crippen molar-refractivity contribution in [1.29, 1.82) is 0 Å². The highest BCUT2D eigenvalue weighted by Gasteiger charge is 2.23. The van der Waals surface area contributed by atoms with Gasteiger partial charge in [-0.15, -0.1) is 0 Å². The molecule has 0 aromatic heterocycles. The summed E-state index contributed by atoms with van der Waals surface area (Å²) in [6.07, 6.45) is 1.07. The van der Waals surface area contributed by atoms with Crippen LogP contribution in [0, 0.1) is 5.82 Å². The Morgan fingerprint density at radius 3 is 2.18 bits per heavy atom. The molecule has 2 nitrogen and oxygen atoms in total. The predicted octanol–water partition coefficient (Wildman–Crippen LogP) is 2.94. The van der Waals surface area contributed by atoms with Crippen molar-refractivity contribution in [2.24, 2.45) is 5.73 Å². The van der Waals surface area contributed by atoms with E-state index in [1.54, 1.807) is 0 Å². The highest BCUT2D eigenvalue weighted by atomic mass is 19.1. The van der Waals surface area contributed by atoms with Gasteiger partial charge in [0.25, 0.3) is 0 Å². The number of nitrogens with zero attached hydrogens (tertiary/aromatic N) is 1. The molecule has 0 fully saturated rings. The monoisotopic (exact) mass is 238 g/mol. The first-order chi connectivity index (χ1) is 7.97. The van der Waals surface area contributed by atoms with Crippen LogP contribution in [0.25, 0.3) is 0 Å². The molecule has 1 aromatic carbocycles. The molecule has 1 rings (SSSR count). The first-order valence-corrected chi connectivity index (χ1v) is 6.20. The van der Waals surface area contributed by atoms with Gasteiger partial charge >= 0.3 is 0 Å². The van der Waals surface area contributed by atoms with Crippen LogP contribution in [-0.2, 0) is 0 Å². The quantitative estimate of drug-likeness (QED) is 0.854. The molecule has 0 spiro atoms. The fourth-order valence-corrected chi connectivity index (χ4v) is 2.13. The SMILES string of the molecule is CCC(C)N(C)C(c1ccc(F)cc1)C(C)N. The Balaban J connectivity index is 2.97. The molecule has 0 aliphatic carbocycles. The number of hydrogen-bond acceptors (Lipinski definition) is 2. The summed E-state index contributed by atoms with van der Waals surface area (Å²) in [5, 5.41) is 0. The third-order valence-corrected chi connectivity index (χ3v) is 3.43. The van der Waals surface area contributed by atoms with Gasteiger partial charge in [-0.3, -0.25) is 4.90 Å². The minimum atomic E-state index is -0.205. The number of rotatable bonds is 5. The Bertz CT molecular complexity index is 335. The molecule has 0 saturated heterocycles. The molecule has 0 radical (unpaired) electrons. The Morgan fingerprint density at radius 1 is 1.24 bits per heavy atom. The van der Waals surface area contributed by atoms with Crippen LogP contribution in [0.3, 0.4) is 0 Å². The lowest BCUT2D eigenvalue weighted by Gasteiger charge is -2.35. The average molecular weight is 238 g/mol. The molecule has 17 heavy (non-hydrogen) atoms. The van der Waals surface area contributed by atoms with Gasteiger partial charge in [0.15, 0.2) is 0 Å². The minimum absolute atomic E-state index is 0.0134. The van der Waals surface area contributed by atoms with Crippen molar-refractivity contribution in [1.82, 2.24) is 4.90 Å². The Morgan fingerprint density at radius 2 is 1.76 bits per heavy atom. The summed E-state index contributed by atoms with van der Waals surface area (Å²) in [4.78, 5) is 2.26. The Hall–Kier alpha value is -0.930. The second kappa shape index (κ2) is 6.12. The number of likely N-dealkylation sites (N-methyl/N-ethyl adjacent to an activating group) is 1. The highest BCUT2D eigenvalue weighted by molar-refractivity contribution is 5.21. The van der Waals surface area contributed by atoms with Crippen molar-refractivity contribution in [3.8, 4) is 0 Å². The molecule has 3 unspecified atom stereocenters. The Labute approximate surface area is 104 Å². The van der Waals surface area contributed by atoms with E-state index < -0.39 is 0 Å². The van der Waals surface area contributed by atoms with Crippen LogP contribution in [-0.4, -0.2) is 24.0 Å². The van der Waals surface area contributed by atoms with Crippen molar-refractivity contribution < 1.29 is 4.39 Å². The highest BCUT2D eigenvalue weighted by Crippen LogP contribution is 2.25. The number of halogens is 1. The van der Waals surface area contributed by atoms with Crippen LogP contribution >= 0.6 is 0 Å². The number of benzene rings is 1. The van der Waals surface area contributed by atoms with Gasteiger partial charge in [0.1, 0.15) is 5.82 Å². The van der Waals surface area contributed by atoms with Gasteiger partial charge in [0.2, 0.25) is 0 Å². The van der Waals surface area contributed by atoms with Crippen LogP contribution in [0.2, 0.25) is 0 Å². The maximum absolute atomic E-state index is 12.9. The third-order valence-electron chi connectivity index (χ3n) is 3.43. The van der Waals surface area contributed by atoms with Crippen LogP contribution in [0.15, 0.2) is 24.3 Å². The zero-order chi connectivity index (χ0) is 13.0. The lowest BCUT2D eigenvalue weighted by Crippen LogP contribution is -2.41. The van der Waals surface area contributed by atoms with Gasteiger partial charge in [-0.05, 0) is 45.0 Å². The lowest BCUT2D eigenvalue weighted by molar-refractivity contribution is 0.161. The van der Waals surface area contributed by atoms with Crippen molar-refractivity contribution in [2.45, 2.75) is 45.3 Å². The zero-order valence-electron chi connectivity index (χ0n) is 11.2. The zero-order valence-corrected chi connectivity index (χ0v) is 11.2. The summed E-state index contributed by atoms with van der Waals surface area (Å²) >= 11 is 0. The van der Waals surface area contributed by atoms with Crippen molar-refractivity contribution in [3.63, 3.8) is 0 Å². The molecular weight excluding hydrogens is 215 g/mol. The molecule has 0 aliphatic heterocycles. The third kappa shape index (κ3) is 3.51. The molecule has 96 valence electrons. The summed E-state index contributed by atoms with van der Waals surface area (Å²) in [5.41, 5.74) is 7.14. The van der Waals surface area contributed by atoms with Crippen LogP contribution in [0.4, 0.5) is 4.39 Å². The van der Waals surface area contributed by atoms with E-state index >= 15 is 0 Å². The normalized spacial score (nSPS) is 16.9. The van der Waals surface area contributed by atoms with Crippen LogP contribution in [0.1, 0.15) is 38.8 Å². The lowest BCUT2D eigenvalue weighted by atomic mass is 9.98. The maximum atomic E-state index is 12.9. The predicted molar refractivity (Wildman–Crippen MR) is 70.3 cm³/mol. The van der Waals surface area contributed by atoms with Gasteiger partial charge in [-0.1, -0.05) is 19.1 Å². The van der Waals surface area contributed by atoms with E-state index in [0.717, 1.165) is 12.0 Å². The van der Waals surface area contributed by atoms with Gasteiger partial charge in [-0.2, -0.15) is 0 Å². The molecule has 0 saturated carbocycles. The smallest absolute Gasteiger partial charge is 0.123 e. The van der Waals surface area contributed by atoms with Gasteiger partial charge < -0.3 is 5.73 Å². The van der Waals surface area contributed by atoms with E-state index in [-0.39, 0.29) is 17.9 Å². The largest absolute Gasteiger partial charge is 0.326 e. The topological polar surface area (TPSA) is 29.3 Å². The first kappa shape index (κ1) is 14.1. The fraction of sp³-hybridized carbons (Fsp3) is 0.571. The van der Waals surface area contributed by atoms with Gasteiger partial charge in [-0.25, -0.2) is 4.39 Å². The van der Waals surface area contributed by atoms with Gasteiger partial charge in [0.05, 0.1) is 0 Å². The second-order valence-electron chi connectivity index (χ2n) is 4.78. The summed E-state index contributed by atoms with van der Waals surface area (Å²) in [6, 6.07) is 7.23. The second-order valence-corrected chi connectivity index (χ2v) is 4.78. The average Bonchev–Trinajstić information content (AvgIpc) is 2.30. The Kier molecular flexibility index (Phi) is 5.09. The van der Waals surface area contributed by atoms with E-state index in [1.807, 2.05) is 19.1 Å². The molecule has 0 amide bonds. The molecule has 3 heteroatoms. The summed E-state index contributed by atoms with van der Waals surface area (Å²) in [5.74, 6) is -0.205. The molecule has 0 bridgehead atoms. The number of hydrogen-bond donors (Lipinski definition) is 1. The van der Waals surface area contributed by atoms with E-state index in [1.165, 1.54) is 12.1 Å². The number of nitrogens with two attached hydrogens (primary N) is 1. The van der Waals surface area contributed by atoms with Crippen molar-refractivity contribution in [2.75, 3.05) is 7.05 Å². The maximum Gasteiger partial charge on any atom is 0.123 e. The first-order valence-electron chi connectivity index (χ1n) is 6.20. The van der Waals surface area contributed by atoms with Crippen LogP contribution in [0.5, 0.6) is 0 Å². The van der Waals surface area contributed by atoms with E-state index in [0.29, 0.717) is 6.04 Å². The summed E-state index contributed by atoms with van der Waals surface area (Å²) < 4.78 is 12.9. The molecule has 1 aromatic rings. The fourth-order valence-electron chi connectivity index (χ4n) is 2.13. The van der Waals surface area contributed by atoms with E-state index in [9.17, 15) is 4.39 Å². The van der Waals surface area contributed by atoms with E-state index in [4.69, 9.17) is 5.73 Å². The summed E-state index contributed by atoms with van der Waals surface area (Å²) in [6.45, 7) is 6.33. The molecule has 2 N–H and O–H groups in total. The van der Waals surface area contributed by atoms with Gasteiger partial charge in [0, 0.05) is 18.1 Å². The van der Waals surface area contributed by atoms with Crippen molar-refractivity contribution in [3.05, 3.63) is 35.6 Å². The summed E-state index contributed by atoms with van der Waals surface area (Å²) in [7, 11) is 2.07. The van der Waals surface area contributed by atoms with Crippen LogP contribution < -0.4 is 5.73 Å². The molecule has 0 heterocycles. The molecular formula is C14H23FN2. The molecule has 0 aliphatic rings. The minimum Gasteiger partial charge on any atom is -0.326 e. The van der Waals surface area contributed by atoms with E-state index in [2.05, 4.69) is 25.8 Å².